The zero-order valence-electron chi connectivity index (χ0n) is 13.6. The Hall–Kier alpha value is -2.46. The summed E-state index contributed by atoms with van der Waals surface area (Å²) in [5.41, 5.74) is 4.80. The molecule has 1 saturated heterocycles. The van der Waals surface area contributed by atoms with E-state index in [0.29, 0.717) is 13.1 Å². The number of rotatable bonds is 5. The van der Waals surface area contributed by atoms with Crippen molar-refractivity contribution >= 4 is 27.9 Å². The fourth-order valence-corrected chi connectivity index (χ4v) is 3.93. The Bertz CT molecular complexity index is 786. The van der Waals surface area contributed by atoms with E-state index in [1.54, 1.807) is 5.32 Å². The summed E-state index contributed by atoms with van der Waals surface area (Å²) in [6.45, 7) is 2.16. The Morgan fingerprint density at radius 2 is 1.88 bits per heavy atom. The summed E-state index contributed by atoms with van der Waals surface area (Å²) < 4.78 is 31.3. The minimum absolute atomic E-state index is 0.0148. The van der Waals surface area contributed by atoms with Gasteiger partial charge in [0.25, 0.3) is 5.91 Å². The highest BCUT2D eigenvalue weighted by Crippen LogP contribution is 2.22. The van der Waals surface area contributed by atoms with Gasteiger partial charge in [-0.3, -0.25) is 10.1 Å². The first-order chi connectivity index (χ1) is 11.7. The number of nitrogens with two attached hydrogens (primary N) is 1. The van der Waals surface area contributed by atoms with Gasteiger partial charge in [-0.1, -0.05) is 6.07 Å². The SMILES string of the molecule is C[C@@H](OC(=O)c1cccc(S(=O)(=O)N2CCCC2)c1)C(=O)NC(N)=O. The molecule has 10 heteroatoms. The summed E-state index contributed by atoms with van der Waals surface area (Å²) in [6, 6.07) is 4.34. The van der Waals surface area contributed by atoms with Crippen LogP contribution in [0.4, 0.5) is 4.79 Å². The van der Waals surface area contributed by atoms with Gasteiger partial charge in [0.1, 0.15) is 0 Å². The lowest BCUT2D eigenvalue weighted by molar-refractivity contribution is -0.127. The number of ether oxygens (including phenoxy) is 1. The van der Waals surface area contributed by atoms with Crippen LogP contribution in [0.5, 0.6) is 0 Å². The number of nitrogens with zero attached hydrogens (tertiary/aromatic N) is 1. The number of imide groups is 1. The van der Waals surface area contributed by atoms with Gasteiger partial charge in [0, 0.05) is 13.1 Å². The maximum atomic E-state index is 12.5. The fraction of sp³-hybridized carbons (Fsp3) is 0.400. The van der Waals surface area contributed by atoms with Gasteiger partial charge in [-0.25, -0.2) is 18.0 Å². The first-order valence-corrected chi connectivity index (χ1v) is 9.07. The van der Waals surface area contributed by atoms with Crippen LogP contribution in [0.3, 0.4) is 0 Å². The molecule has 0 spiro atoms. The Morgan fingerprint density at radius 1 is 1.24 bits per heavy atom. The molecule has 3 N–H and O–H groups in total. The first-order valence-electron chi connectivity index (χ1n) is 7.63. The van der Waals surface area contributed by atoms with Crippen LogP contribution < -0.4 is 11.1 Å². The molecule has 0 aliphatic carbocycles. The molecule has 0 unspecified atom stereocenters. The number of hydrogen-bond donors (Lipinski definition) is 2. The Kier molecular flexibility index (Phi) is 5.75. The molecule has 136 valence electrons. The highest BCUT2D eigenvalue weighted by molar-refractivity contribution is 7.89. The maximum Gasteiger partial charge on any atom is 0.338 e. The van der Waals surface area contributed by atoms with Crippen molar-refractivity contribution in [2.45, 2.75) is 30.8 Å². The zero-order chi connectivity index (χ0) is 18.6. The van der Waals surface area contributed by atoms with E-state index < -0.39 is 34.0 Å². The van der Waals surface area contributed by atoms with Crippen molar-refractivity contribution in [3.63, 3.8) is 0 Å². The average molecular weight is 369 g/mol. The van der Waals surface area contributed by atoms with Gasteiger partial charge >= 0.3 is 12.0 Å². The number of carbonyl (C=O) groups is 3. The predicted octanol–water partition coefficient (Wildman–Crippen LogP) is 0.211. The number of urea groups is 1. The molecule has 3 amide bonds. The number of esters is 1. The van der Waals surface area contributed by atoms with Crippen molar-refractivity contribution in [2.24, 2.45) is 5.73 Å². The second kappa shape index (κ2) is 7.62. The normalized spacial score (nSPS) is 16.2. The second-order valence-corrected chi connectivity index (χ2v) is 7.48. The molecule has 1 heterocycles. The molecule has 0 bridgehead atoms. The molecule has 1 aliphatic rings. The van der Waals surface area contributed by atoms with Gasteiger partial charge in [-0.05, 0) is 38.0 Å². The van der Waals surface area contributed by atoms with E-state index in [0.717, 1.165) is 12.8 Å². The van der Waals surface area contributed by atoms with Crippen molar-refractivity contribution in [1.29, 1.82) is 0 Å². The molecular formula is C15H19N3O6S. The van der Waals surface area contributed by atoms with Gasteiger partial charge in [0.05, 0.1) is 10.5 Å². The first kappa shape index (κ1) is 18.9. The van der Waals surface area contributed by atoms with Crippen LogP contribution in [-0.2, 0) is 19.6 Å². The van der Waals surface area contributed by atoms with Crippen molar-refractivity contribution in [3.05, 3.63) is 29.8 Å². The van der Waals surface area contributed by atoms with Crippen molar-refractivity contribution in [1.82, 2.24) is 9.62 Å². The smallest absolute Gasteiger partial charge is 0.338 e. The maximum absolute atomic E-state index is 12.5. The quantitative estimate of drug-likeness (QED) is 0.712. The highest BCUT2D eigenvalue weighted by atomic mass is 32.2. The summed E-state index contributed by atoms with van der Waals surface area (Å²) in [7, 11) is -3.67. The van der Waals surface area contributed by atoms with E-state index in [1.165, 1.54) is 35.5 Å². The van der Waals surface area contributed by atoms with E-state index in [1.807, 2.05) is 0 Å². The number of carbonyl (C=O) groups excluding carboxylic acids is 3. The predicted molar refractivity (Wildman–Crippen MR) is 87.0 cm³/mol. The van der Waals surface area contributed by atoms with Crippen molar-refractivity contribution in [3.8, 4) is 0 Å². The van der Waals surface area contributed by atoms with Crippen LogP contribution >= 0.6 is 0 Å². The molecule has 1 aromatic rings. The summed E-state index contributed by atoms with van der Waals surface area (Å²) in [5.74, 6) is -1.76. The largest absolute Gasteiger partial charge is 0.449 e. The van der Waals surface area contributed by atoms with E-state index in [4.69, 9.17) is 10.5 Å². The molecule has 0 radical (unpaired) electrons. The molecular weight excluding hydrogens is 350 g/mol. The third-order valence-electron chi connectivity index (χ3n) is 3.67. The second-order valence-electron chi connectivity index (χ2n) is 5.54. The Labute approximate surface area is 145 Å². The summed E-state index contributed by atoms with van der Waals surface area (Å²) in [6.07, 6.45) is 0.333. The van der Waals surface area contributed by atoms with Crippen LogP contribution in [0.1, 0.15) is 30.1 Å². The molecule has 1 aliphatic heterocycles. The van der Waals surface area contributed by atoms with Gasteiger partial charge in [-0.15, -0.1) is 0 Å². The number of benzene rings is 1. The van der Waals surface area contributed by atoms with E-state index >= 15 is 0 Å². The van der Waals surface area contributed by atoms with Crippen LogP contribution in [0.2, 0.25) is 0 Å². The number of amides is 3. The van der Waals surface area contributed by atoms with Crippen LogP contribution in [0.25, 0.3) is 0 Å². The number of sulfonamides is 1. The zero-order valence-corrected chi connectivity index (χ0v) is 14.4. The number of hydrogen-bond acceptors (Lipinski definition) is 6. The lowest BCUT2D eigenvalue weighted by Gasteiger charge is -2.16. The molecule has 1 atom stereocenters. The lowest BCUT2D eigenvalue weighted by atomic mass is 10.2. The summed E-state index contributed by atoms with van der Waals surface area (Å²) in [5, 5.41) is 1.79. The molecule has 0 aromatic heterocycles. The van der Waals surface area contributed by atoms with E-state index in [2.05, 4.69) is 0 Å². The van der Waals surface area contributed by atoms with Crippen LogP contribution in [0, 0.1) is 0 Å². The number of primary amides is 1. The summed E-state index contributed by atoms with van der Waals surface area (Å²) >= 11 is 0. The van der Waals surface area contributed by atoms with Crippen molar-refractivity contribution < 1.29 is 27.5 Å². The molecule has 1 fully saturated rings. The van der Waals surface area contributed by atoms with E-state index in [-0.39, 0.29) is 10.5 Å². The topological polar surface area (TPSA) is 136 Å². The van der Waals surface area contributed by atoms with Crippen LogP contribution in [0.15, 0.2) is 29.2 Å². The van der Waals surface area contributed by atoms with E-state index in [9.17, 15) is 22.8 Å². The monoisotopic (exact) mass is 369 g/mol. The van der Waals surface area contributed by atoms with Crippen LogP contribution in [-0.4, -0.2) is 49.8 Å². The van der Waals surface area contributed by atoms with Gasteiger partial charge in [0.2, 0.25) is 10.0 Å². The average Bonchev–Trinajstić information content (AvgIpc) is 3.09. The molecule has 25 heavy (non-hydrogen) atoms. The molecule has 0 saturated carbocycles. The molecule has 9 nitrogen and oxygen atoms in total. The van der Waals surface area contributed by atoms with Crippen molar-refractivity contribution in [2.75, 3.05) is 13.1 Å². The van der Waals surface area contributed by atoms with Gasteiger partial charge in [-0.2, -0.15) is 4.31 Å². The standard InChI is InChI=1S/C15H19N3O6S/c1-10(13(19)17-15(16)21)24-14(20)11-5-4-6-12(9-11)25(22,23)18-7-2-3-8-18/h4-6,9-10H,2-3,7-8H2,1H3,(H3,16,17,19,21)/t10-/m1/s1. The lowest BCUT2D eigenvalue weighted by Crippen LogP contribution is -2.42. The Balaban J connectivity index is 2.14. The third kappa shape index (κ3) is 4.54. The van der Waals surface area contributed by atoms with Gasteiger partial charge in [0.15, 0.2) is 6.10 Å². The minimum Gasteiger partial charge on any atom is -0.449 e. The fourth-order valence-electron chi connectivity index (χ4n) is 2.37. The molecule has 1 aromatic carbocycles. The Morgan fingerprint density at radius 3 is 2.48 bits per heavy atom. The minimum atomic E-state index is -3.67. The third-order valence-corrected chi connectivity index (χ3v) is 5.57. The van der Waals surface area contributed by atoms with Gasteiger partial charge < -0.3 is 10.5 Å². The molecule has 2 rings (SSSR count). The highest BCUT2D eigenvalue weighted by Gasteiger charge is 2.28. The summed E-state index contributed by atoms with van der Waals surface area (Å²) in [4.78, 5) is 34.3. The number of nitrogens with one attached hydrogen (secondary N) is 1.